The first-order chi connectivity index (χ1) is 6.99. The third-order valence-electron chi connectivity index (χ3n) is 2.28. The lowest BCUT2D eigenvalue weighted by Crippen LogP contribution is -2.41. The molecule has 0 saturated carbocycles. The largest absolute Gasteiger partial charge is 0.312 e. The molecule has 1 aliphatic rings. The molecule has 1 heterocycles. The van der Waals surface area contributed by atoms with E-state index in [-0.39, 0.29) is 11.4 Å². The predicted octanol–water partition coefficient (Wildman–Crippen LogP) is 1.32. The van der Waals surface area contributed by atoms with Crippen LogP contribution in [0.2, 0.25) is 0 Å². The second-order valence-corrected chi connectivity index (χ2v) is 4.96. The fraction of sp³-hybridized carbons (Fsp3) is 0.909. The van der Waals surface area contributed by atoms with E-state index in [0.717, 1.165) is 19.4 Å². The lowest BCUT2D eigenvalue weighted by atomic mass is 10.1. The highest BCUT2D eigenvalue weighted by molar-refractivity contribution is 5.75. The highest BCUT2D eigenvalue weighted by Crippen LogP contribution is 2.07. The van der Waals surface area contributed by atoms with Gasteiger partial charge in [0.15, 0.2) is 0 Å². The van der Waals surface area contributed by atoms with Crippen LogP contribution in [0.15, 0.2) is 0 Å². The SMILES string of the molecule is CC(C)(C)NCCC(=O)N1CCCCO1. The van der Waals surface area contributed by atoms with E-state index >= 15 is 0 Å². The average molecular weight is 214 g/mol. The lowest BCUT2D eigenvalue weighted by Gasteiger charge is -2.26. The monoisotopic (exact) mass is 214 g/mol. The molecule has 1 amide bonds. The van der Waals surface area contributed by atoms with Crippen molar-refractivity contribution in [2.45, 2.75) is 45.6 Å². The molecule has 1 saturated heterocycles. The van der Waals surface area contributed by atoms with Gasteiger partial charge in [0.1, 0.15) is 0 Å². The van der Waals surface area contributed by atoms with Crippen molar-refractivity contribution in [2.75, 3.05) is 19.7 Å². The first kappa shape index (κ1) is 12.5. The molecule has 1 N–H and O–H groups in total. The van der Waals surface area contributed by atoms with Crippen LogP contribution in [0.1, 0.15) is 40.0 Å². The summed E-state index contributed by atoms with van der Waals surface area (Å²) in [6.07, 6.45) is 2.62. The average Bonchev–Trinajstić information content (AvgIpc) is 2.17. The Labute approximate surface area is 91.9 Å². The van der Waals surface area contributed by atoms with Gasteiger partial charge < -0.3 is 5.32 Å². The second kappa shape index (κ2) is 5.47. The fourth-order valence-electron chi connectivity index (χ4n) is 1.46. The maximum Gasteiger partial charge on any atom is 0.247 e. The summed E-state index contributed by atoms with van der Waals surface area (Å²) in [6, 6.07) is 0. The van der Waals surface area contributed by atoms with Gasteiger partial charge in [-0.3, -0.25) is 9.63 Å². The molecule has 0 aromatic rings. The summed E-state index contributed by atoms with van der Waals surface area (Å²) >= 11 is 0. The van der Waals surface area contributed by atoms with Crippen LogP contribution in [0.4, 0.5) is 0 Å². The second-order valence-electron chi connectivity index (χ2n) is 4.96. The van der Waals surface area contributed by atoms with Crippen LogP contribution < -0.4 is 5.32 Å². The minimum Gasteiger partial charge on any atom is -0.312 e. The van der Waals surface area contributed by atoms with E-state index in [1.165, 1.54) is 5.06 Å². The molecule has 88 valence electrons. The van der Waals surface area contributed by atoms with Gasteiger partial charge in [0.2, 0.25) is 5.91 Å². The zero-order valence-corrected chi connectivity index (χ0v) is 10.0. The summed E-state index contributed by atoms with van der Waals surface area (Å²) in [5.74, 6) is 0.0893. The number of nitrogens with zero attached hydrogens (tertiary/aromatic N) is 1. The normalized spacial score (nSPS) is 17.9. The van der Waals surface area contributed by atoms with Crippen LogP contribution in [0.5, 0.6) is 0 Å². The number of carbonyl (C=O) groups is 1. The van der Waals surface area contributed by atoms with E-state index in [1.807, 2.05) is 0 Å². The minimum atomic E-state index is 0.0725. The van der Waals surface area contributed by atoms with Crippen molar-refractivity contribution in [3.8, 4) is 0 Å². The van der Waals surface area contributed by atoms with Gasteiger partial charge in [0.05, 0.1) is 6.61 Å². The Balaban J connectivity index is 2.17. The number of hydrogen-bond acceptors (Lipinski definition) is 3. The molecular formula is C11H22N2O2. The van der Waals surface area contributed by atoms with Crippen LogP contribution >= 0.6 is 0 Å². The molecule has 0 aromatic heterocycles. The number of carbonyl (C=O) groups excluding carboxylic acids is 1. The smallest absolute Gasteiger partial charge is 0.247 e. The van der Waals surface area contributed by atoms with E-state index in [2.05, 4.69) is 26.1 Å². The Morgan fingerprint density at radius 3 is 2.67 bits per heavy atom. The van der Waals surface area contributed by atoms with Crippen molar-refractivity contribution in [1.82, 2.24) is 10.4 Å². The minimum absolute atomic E-state index is 0.0725. The molecule has 0 bridgehead atoms. The van der Waals surface area contributed by atoms with Gasteiger partial charge in [-0.15, -0.1) is 0 Å². The highest BCUT2D eigenvalue weighted by atomic mass is 16.7. The van der Waals surface area contributed by atoms with Crippen molar-refractivity contribution in [1.29, 1.82) is 0 Å². The van der Waals surface area contributed by atoms with Gasteiger partial charge in [0, 0.05) is 25.0 Å². The van der Waals surface area contributed by atoms with Gasteiger partial charge in [-0.05, 0) is 33.6 Å². The number of hydrogen-bond donors (Lipinski definition) is 1. The van der Waals surface area contributed by atoms with E-state index in [9.17, 15) is 4.79 Å². The molecule has 1 rings (SSSR count). The van der Waals surface area contributed by atoms with E-state index in [0.29, 0.717) is 19.6 Å². The van der Waals surface area contributed by atoms with Crippen molar-refractivity contribution < 1.29 is 9.63 Å². The lowest BCUT2D eigenvalue weighted by molar-refractivity contribution is -0.196. The van der Waals surface area contributed by atoms with Crippen molar-refractivity contribution >= 4 is 5.91 Å². The Hall–Kier alpha value is -0.610. The summed E-state index contributed by atoms with van der Waals surface area (Å²) in [7, 11) is 0. The van der Waals surface area contributed by atoms with Gasteiger partial charge in [-0.25, -0.2) is 5.06 Å². The maximum atomic E-state index is 11.6. The van der Waals surface area contributed by atoms with Crippen LogP contribution in [-0.4, -0.2) is 36.2 Å². The summed E-state index contributed by atoms with van der Waals surface area (Å²) in [5.41, 5.74) is 0.0725. The van der Waals surface area contributed by atoms with Crippen molar-refractivity contribution in [2.24, 2.45) is 0 Å². The molecule has 0 atom stereocenters. The first-order valence-electron chi connectivity index (χ1n) is 5.67. The zero-order chi connectivity index (χ0) is 11.3. The molecule has 0 radical (unpaired) electrons. The Morgan fingerprint density at radius 2 is 2.13 bits per heavy atom. The van der Waals surface area contributed by atoms with Crippen LogP contribution in [0.3, 0.4) is 0 Å². The number of nitrogens with one attached hydrogen (secondary N) is 1. The van der Waals surface area contributed by atoms with Crippen LogP contribution in [0, 0.1) is 0 Å². The van der Waals surface area contributed by atoms with Crippen molar-refractivity contribution in [3.63, 3.8) is 0 Å². The molecule has 1 aliphatic heterocycles. The maximum absolute atomic E-state index is 11.6. The predicted molar refractivity (Wildman–Crippen MR) is 59.3 cm³/mol. The zero-order valence-electron chi connectivity index (χ0n) is 10.0. The van der Waals surface area contributed by atoms with Crippen molar-refractivity contribution in [3.05, 3.63) is 0 Å². The topological polar surface area (TPSA) is 41.6 Å². The molecule has 0 aliphatic carbocycles. The third kappa shape index (κ3) is 5.14. The molecule has 4 heteroatoms. The highest BCUT2D eigenvalue weighted by Gasteiger charge is 2.18. The number of amides is 1. The first-order valence-corrected chi connectivity index (χ1v) is 5.67. The fourth-order valence-corrected chi connectivity index (χ4v) is 1.46. The van der Waals surface area contributed by atoms with Gasteiger partial charge in [-0.2, -0.15) is 0 Å². The van der Waals surface area contributed by atoms with E-state index in [1.54, 1.807) is 0 Å². The Kier molecular flexibility index (Phi) is 4.54. The van der Waals surface area contributed by atoms with Crippen LogP contribution in [0.25, 0.3) is 0 Å². The summed E-state index contributed by atoms with van der Waals surface area (Å²) < 4.78 is 0. The summed E-state index contributed by atoms with van der Waals surface area (Å²) in [4.78, 5) is 16.9. The standard InChI is InChI=1S/C11H22N2O2/c1-11(2,3)12-7-6-10(14)13-8-4-5-9-15-13/h12H,4-9H2,1-3H3. The quantitative estimate of drug-likeness (QED) is 0.770. The van der Waals surface area contributed by atoms with Gasteiger partial charge >= 0.3 is 0 Å². The number of hydroxylamine groups is 2. The van der Waals surface area contributed by atoms with Gasteiger partial charge in [-0.1, -0.05) is 0 Å². The number of rotatable bonds is 3. The molecule has 0 spiro atoms. The third-order valence-corrected chi connectivity index (χ3v) is 2.28. The Bertz CT molecular complexity index is 205. The Morgan fingerprint density at radius 1 is 1.40 bits per heavy atom. The molecule has 15 heavy (non-hydrogen) atoms. The summed E-state index contributed by atoms with van der Waals surface area (Å²) in [6.45, 7) is 8.41. The summed E-state index contributed by atoms with van der Waals surface area (Å²) in [5, 5.41) is 4.80. The van der Waals surface area contributed by atoms with E-state index < -0.39 is 0 Å². The molecule has 4 nitrogen and oxygen atoms in total. The van der Waals surface area contributed by atoms with Crippen LogP contribution in [-0.2, 0) is 9.63 Å². The molecule has 0 aromatic carbocycles. The van der Waals surface area contributed by atoms with E-state index in [4.69, 9.17) is 4.84 Å². The molecular weight excluding hydrogens is 192 g/mol. The van der Waals surface area contributed by atoms with Gasteiger partial charge in [0.25, 0.3) is 0 Å². The molecule has 1 fully saturated rings. The molecule has 0 unspecified atom stereocenters.